The predicted octanol–water partition coefficient (Wildman–Crippen LogP) is 4.63. The molecule has 294 valence electrons. The molecule has 0 saturated heterocycles. The first-order valence-electron chi connectivity index (χ1n) is 18.1. The predicted molar refractivity (Wildman–Crippen MR) is 202 cm³/mol. The van der Waals surface area contributed by atoms with Crippen molar-refractivity contribution in [1.29, 1.82) is 0 Å². The lowest BCUT2D eigenvalue weighted by Gasteiger charge is -2.13. The smallest absolute Gasteiger partial charge is 0.338 e. The Kier molecular flexibility index (Phi) is 27.0. The first kappa shape index (κ1) is 47.8. The minimum Gasteiger partial charge on any atom is -0.479 e. The van der Waals surface area contributed by atoms with Crippen LogP contribution in [-0.4, -0.2) is 94.9 Å². The highest BCUT2D eigenvalue weighted by Crippen LogP contribution is 2.09. The Balaban J connectivity index is 0.000000800. The summed E-state index contributed by atoms with van der Waals surface area (Å²) in [5.74, 6) is -4.13. The number of nitrogens with one attached hydrogen (secondary N) is 2. The van der Waals surface area contributed by atoms with Crippen LogP contribution in [0.1, 0.15) is 113 Å². The van der Waals surface area contributed by atoms with E-state index >= 15 is 0 Å². The number of aliphatic hydroxyl groups is 2. The number of carboxylic acid groups (broad SMARTS) is 2. The van der Waals surface area contributed by atoms with Crippen LogP contribution in [0.25, 0.3) is 0 Å². The molecule has 0 bridgehead atoms. The number of carbonyl (C=O) groups is 4. The Morgan fingerprint density at radius 3 is 1.21 bits per heavy atom. The van der Waals surface area contributed by atoms with Crippen LogP contribution in [0.15, 0.2) is 48.5 Å². The molecule has 0 aliphatic rings. The normalized spacial score (nSPS) is 12.8. The molecule has 2 aromatic rings. The Labute approximate surface area is 308 Å². The fourth-order valence-electron chi connectivity index (χ4n) is 4.53. The number of aliphatic carboxylic acids is 2. The molecular formula is C38H62N4O10. The minimum atomic E-state index is -2.27. The second kappa shape index (κ2) is 29.3. The third kappa shape index (κ3) is 24.0. The van der Waals surface area contributed by atoms with Gasteiger partial charge < -0.3 is 52.0 Å². The number of hydrogen-bond acceptors (Lipinski definition) is 12. The van der Waals surface area contributed by atoms with Crippen molar-refractivity contribution in [2.75, 3.05) is 37.8 Å². The van der Waals surface area contributed by atoms with Crippen molar-refractivity contribution in [2.45, 2.75) is 116 Å². The van der Waals surface area contributed by atoms with Crippen molar-refractivity contribution in [1.82, 2.24) is 10.6 Å². The molecule has 0 amide bonds. The van der Waals surface area contributed by atoms with Crippen LogP contribution >= 0.6 is 0 Å². The number of benzene rings is 2. The second-order valence-corrected chi connectivity index (χ2v) is 12.5. The summed E-state index contributed by atoms with van der Waals surface area (Å²) in [5, 5.41) is 39.3. The number of carboxylic acids is 2. The largest absolute Gasteiger partial charge is 0.479 e. The van der Waals surface area contributed by atoms with E-state index in [9.17, 15) is 19.2 Å². The van der Waals surface area contributed by atoms with E-state index in [0.29, 0.717) is 60.9 Å². The number of unbranched alkanes of at least 4 members (excludes halogenated alkanes) is 6. The number of hydrogen-bond donors (Lipinski definition) is 8. The van der Waals surface area contributed by atoms with Gasteiger partial charge in [0.05, 0.1) is 11.1 Å². The van der Waals surface area contributed by atoms with E-state index in [4.69, 9.17) is 41.4 Å². The van der Waals surface area contributed by atoms with E-state index in [1.807, 2.05) is 0 Å². The number of nitrogens with two attached hydrogens (primary N) is 2. The summed E-state index contributed by atoms with van der Waals surface area (Å²) in [6.07, 6.45) is 8.08. The van der Waals surface area contributed by atoms with Gasteiger partial charge in [0.25, 0.3) is 0 Å². The van der Waals surface area contributed by atoms with Crippen LogP contribution in [0.5, 0.6) is 0 Å². The fraction of sp³-hybridized carbons (Fsp3) is 0.579. The molecule has 0 spiro atoms. The quantitative estimate of drug-likeness (QED) is 0.0441. The zero-order valence-electron chi connectivity index (χ0n) is 31.2. The van der Waals surface area contributed by atoms with Gasteiger partial charge in [0, 0.05) is 36.5 Å². The maximum Gasteiger partial charge on any atom is 0.338 e. The van der Waals surface area contributed by atoms with Crippen LogP contribution in [0.4, 0.5) is 11.4 Å². The number of ether oxygens (including phenoxy) is 2. The van der Waals surface area contributed by atoms with E-state index in [1.165, 1.54) is 64.2 Å². The summed E-state index contributed by atoms with van der Waals surface area (Å²) in [6.45, 7) is 11.0. The van der Waals surface area contributed by atoms with Gasteiger partial charge >= 0.3 is 23.9 Å². The first-order chi connectivity index (χ1) is 24.7. The SMILES string of the molecule is CCCCCCC(C)NCCOC(=O)c1ccc(N)cc1.CCCCCCC(C)NCCOC(=O)c1ccc(N)cc1.O=C(O)C(O)C(O)C(=O)O. The summed E-state index contributed by atoms with van der Waals surface area (Å²) in [4.78, 5) is 43.1. The molecule has 0 aromatic heterocycles. The van der Waals surface area contributed by atoms with Crippen molar-refractivity contribution in [3.63, 3.8) is 0 Å². The average molecular weight is 735 g/mol. The summed E-state index contributed by atoms with van der Waals surface area (Å²) >= 11 is 0. The van der Waals surface area contributed by atoms with Gasteiger partial charge in [0.1, 0.15) is 13.2 Å². The molecule has 2 aromatic carbocycles. The zero-order valence-corrected chi connectivity index (χ0v) is 31.2. The van der Waals surface area contributed by atoms with Gasteiger partial charge in [0.15, 0.2) is 12.2 Å². The fourth-order valence-corrected chi connectivity index (χ4v) is 4.53. The van der Waals surface area contributed by atoms with E-state index in [1.54, 1.807) is 48.5 Å². The molecule has 0 radical (unpaired) electrons. The molecule has 4 atom stereocenters. The molecule has 52 heavy (non-hydrogen) atoms. The molecule has 0 saturated carbocycles. The van der Waals surface area contributed by atoms with Gasteiger partial charge in [0.2, 0.25) is 0 Å². The number of nitrogen functional groups attached to an aromatic ring is 2. The maximum atomic E-state index is 11.8. The highest BCUT2D eigenvalue weighted by atomic mass is 16.5. The molecule has 0 heterocycles. The van der Waals surface area contributed by atoms with Crippen LogP contribution in [0, 0.1) is 0 Å². The Bertz CT molecular complexity index is 1160. The van der Waals surface area contributed by atoms with Crippen molar-refractivity contribution in [2.24, 2.45) is 0 Å². The third-order valence-electron chi connectivity index (χ3n) is 7.74. The standard InChI is InChI=1S/2C17H28N2O2.C4H6O6/c2*1-3-4-5-6-7-14(2)19-12-13-21-17(20)15-8-10-16(18)11-9-15;5-1(3(7)8)2(6)4(9)10/h2*8-11,14,19H,3-7,12-13,18H2,1-2H3;1-2,5-6H,(H,7,8)(H,9,10). The summed E-state index contributed by atoms with van der Waals surface area (Å²) in [7, 11) is 0. The van der Waals surface area contributed by atoms with E-state index in [0.717, 1.165) is 0 Å². The molecule has 10 N–H and O–H groups in total. The molecule has 2 rings (SSSR count). The summed E-state index contributed by atoms with van der Waals surface area (Å²) in [6, 6.07) is 14.5. The molecule has 4 unspecified atom stereocenters. The van der Waals surface area contributed by atoms with Gasteiger partial charge in [-0.05, 0) is 75.2 Å². The number of esters is 2. The highest BCUT2D eigenvalue weighted by Gasteiger charge is 2.29. The number of carbonyl (C=O) groups excluding carboxylic acids is 2. The number of aliphatic hydroxyl groups excluding tert-OH is 2. The minimum absolute atomic E-state index is 0.299. The molecule has 0 aliphatic heterocycles. The highest BCUT2D eigenvalue weighted by molar-refractivity contribution is 5.90. The molecule has 0 fully saturated rings. The van der Waals surface area contributed by atoms with E-state index in [2.05, 4.69) is 38.3 Å². The van der Waals surface area contributed by atoms with Crippen LogP contribution in [0.2, 0.25) is 0 Å². The average Bonchev–Trinajstić information content (AvgIpc) is 3.12. The van der Waals surface area contributed by atoms with Gasteiger partial charge in [-0.3, -0.25) is 0 Å². The lowest BCUT2D eigenvalue weighted by molar-refractivity contribution is -0.165. The van der Waals surface area contributed by atoms with Crippen LogP contribution in [-0.2, 0) is 19.1 Å². The van der Waals surface area contributed by atoms with Crippen molar-refractivity contribution >= 4 is 35.3 Å². The molecular weight excluding hydrogens is 672 g/mol. The second-order valence-electron chi connectivity index (χ2n) is 12.5. The number of rotatable bonds is 23. The number of anilines is 2. The van der Waals surface area contributed by atoms with Crippen molar-refractivity contribution < 1.29 is 49.1 Å². The maximum absolute atomic E-state index is 11.8. The molecule has 14 nitrogen and oxygen atoms in total. The monoisotopic (exact) mass is 734 g/mol. The lowest BCUT2D eigenvalue weighted by atomic mass is 10.1. The van der Waals surface area contributed by atoms with Crippen LogP contribution in [0.3, 0.4) is 0 Å². The Morgan fingerprint density at radius 2 is 0.923 bits per heavy atom. The van der Waals surface area contributed by atoms with E-state index < -0.39 is 24.1 Å². The summed E-state index contributed by atoms with van der Waals surface area (Å²) in [5.41, 5.74) is 13.5. The summed E-state index contributed by atoms with van der Waals surface area (Å²) < 4.78 is 10.4. The Hall–Kier alpha value is -4.24. The van der Waals surface area contributed by atoms with Crippen LogP contribution < -0.4 is 22.1 Å². The van der Waals surface area contributed by atoms with E-state index in [-0.39, 0.29) is 11.9 Å². The van der Waals surface area contributed by atoms with Crippen molar-refractivity contribution in [3.05, 3.63) is 59.7 Å². The topological polar surface area (TPSA) is 244 Å². The lowest BCUT2D eigenvalue weighted by Crippen LogP contribution is -2.39. The van der Waals surface area contributed by atoms with Gasteiger partial charge in [-0.15, -0.1) is 0 Å². The molecule has 14 heteroatoms. The van der Waals surface area contributed by atoms with Gasteiger partial charge in [-0.25, -0.2) is 19.2 Å². The molecule has 0 aliphatic carbocycles. The van der Waals surface area contributed by atoms with Gasteiger partial charge in [-0.2, -0.15) is 0 Å². The Morgan fingerprint density at radius 1 is 0.596 bits per heavy atom. The van der Waals surface area contributed by atoms with Crippen molar-refractivity contribution in [3.8, 4) is 0 Å². The third-order valence-corrected chi connectivity index (χ3v) is 7.74. The zero-order chi connectivity index (χ0) is 39.3. The first-order valence-corrected chi connectivity index (χ1v) is 18.1. The van der Waals surface area contributed by atoms with Gasteiger partial charge in [-0.1, -0.05) is 65.2 Å².